The first-order valence-electron chi connectivity index (χ1n) is 22.0. The topological polar surface area (TPSA) is 130 Å². The monoisotopic (exact) mass is 910 g/mol. The summed E-state index contributed by atoms with van der Waals surface area (Å²) < 4.78 is 42.7. The SMILES string of the molecule is CC(C)(C)OC(=O)N1CCN(c2ccc(N)cc2C#Cc2ccc(F)cc2)CC1.CC(C)(C)OC(=O)N1CCN(c2ccc(NC(=O)Oc3ccccc3)cc2C#Cc2ccc(F)cc2)CC1. The molecule has 0 radical (unpaired) electrons. The van der Waals surface area contributed by atoms with Gasteiger partial charge in [-0.2, -0.15) is 0 Å². The molecule has 5 aromatic carbocycles. The fourth-order valence-electron chi connectivity index (χ4n) is 6.92. The van der Waals surface area contributed by atoms with Crippen LogP contribution in [0.5, 0.6) is 5.75 Å². The van der Waals surface area contributed by atoms with E-state index in [0.29, 0.717) is 80.6 Å². The smallest absolute Gasteiger partial charge is 0.417 e. The van der Waals surface area contributed by atoms with Crippen molar-refractivity contribution in [1.29, 1.82) is 0 Å². The predicted molar refractivity (Wildman–Crippen MR) is 258 cm³/mol. The van der Waals surface area contributed by atoms with Gasteiger partial charge in [-0.3, -0.25) is 5.32 Å². The molecule has 12 nitrogen and oxygen atoms in total. The summed E-state index contributed by atoms with van der Waals surface area (Å²) in [4.78, 5) is 44.9. The van der Waals surface area contributed by atoms with E-state index in [1.54, 1.807) is 70.5 Å². The van der Waals surface area contributed by atoms with Crippen LogP contribution in [-0.2, 0) is 9.47 Å². The van der Waals surface area contributed by atoms with Gasteiger partial charge in [0, 0.05) is 74.9 Å². The molecule has 0 bridgehead atoms. The van der Waals surface area contributed by atoms with E-state index in [0.717, 1.165) is 22.5 Å². The van der Waals surface area contributed by atoms with E-state index < -0.39 is 17.3 Å². The molecule has 2 fully saturated rings. The number of carbonyl (C=O) groups is 3. The zero-order valence-electron chi connectivity index (χ0n) is 38.7. The minimum absolute atomic E-state index is 0.286. The zero-order valence-corrected chi connectivity index (χ0v) is 38.7. The number of benzene rings is 5. The van der Waals surface area contributed by atoms with Crippen molar-refractivity contribution >= 4 is 41.0 Å². The van der Waals surface area contributed by atoms with Crippen molar-refractivity contribution in [3.8, 4) is 29.4 Å². The molecule has 0 unspecified atom stereocenters. The summed E-state index contributed by atoms with van der Waals surface area (Å²) in [6.07, 6.45) is -1.23. The minimum Gasteiger partial charge on any atom is -0.444 e. The maximum atomic E-state index is 13.3. The lowest BCUT2D eigenvalue weighted by Crippen LogP contribution is -2.50. The van der Waals surface area contributed by atoms with Gasteiger partial charge >= 0.3 is 18.3 Å². The number of nitrogen functional groups attached to an aromatic ring is 1. The Morgan fingerprint density at radius 3 is 1.43 bits per heavy atom. The molecule has 3 N–H and O–H groups in total. The number of para-hydroxylation sites is 1. The van der Waals surface area contributed by atoms with Crippen LogP contribution in [0.1, 0.15) is 63.8 Å². The second kappa shape index (κ2) is 22.0. The molecule has 0 aromatic heterocycles. The normalized spacial score (nSPS) is 13.7. The van der Waals surface area contributed by atoms with Crippen molar-refractivity contribution in [2.75, 3.05) is 73.2 Å². The van der Waals surface area contributed by atoms with Gasteiger partial charge in [-0.1, -0.05) is 41.9 Å². The van der Waals surface area contributed by atoms with Gasteiger partial charge in [0.2, 0.25) is 0 Å². The molecule has 2 aliphatic rings. The van der Waals surface area contributed by atoms with E-state index in [1.807, 2.05) is 71.9 Å². The van der Waals surface area contributed by atoms with Crippen molar-refractivity contribution in [2.24, 2.45) is 0 Å². The number of nitrogens with zero attached hydrogens (tertiary/aromatic N) is 4. The number of rotatable bonds is 4. The quantitative estimate of drug-likeness (QED) is 0.134. The number of hydrogen-bond donors (Lipinski definition) is 2. The van der Waals surface area contributed by atoms with E-state index in [1.165, 1.54) is 24.3 Å². The number of ether oxygens (including phenoxy) is 3. The summed E-state index contributed by atoms with van der Waals surface area (Å²) in [6, 6.07) is 31.9. The number of halogens is 2. The third-order valence-electron chi connectivity index (χ3n) is 10.1. The van der Waals surface area contributed by atoms with Gasteiger partial charge < -0.3 is 39.5 Å². The van der Waals surface area contributed by atoms with Gasteiger partial charge in [0.1, 0.15) is 28.6 Å². The van der Waals surface area contributed by atoms with Crippen LogP contribution in [0, 0.1) is 35.3 Å². The Labute approximate surface area is 391 Å². The van der Waals surface area contributed by atoms with Crippen molar-refractivity contribution < 1.29 is 37.4 Å². The van der Waals surface area contributed by atoms with Crippen LogP contribution in [0.25, 0.3) is 0 Å². The van der Waals surface area contributed by atoms with Crippen LogP contribution >= 0.6 is 0 Å². The number of nitrogens with one attached hydrogen (secondary N) is 1. The molecular weight excluding hydrogens is 855 g/mol. The van der Waals surface area contributed by atoms with Crippen LogP contribution in [-0.4, -0.2) is 91.6 Å². The van der Waals surface area contributed by atoms with Gasteiger partial charge in [-0.25, -0.2) is 23.2 Å². The molecule has 348 valence electrons. The number of hydrogen-bond acceptors (Lipinski definition) is 9. The molecule has 7 rings (SSSR count). The van der Waals surface area contributed by atoms with Crippen molar-refractivity contribution in [3.63, 3.8) is 0 Å². The molecule has 2 saturated heterocycles. The lowest BCUT2D eigenvalue weighted by atomic mass is 10.1. The number of carbonyl (C=O) groups excluding carboxylic acids is 3. The highest BCUT2D eigenvalue weighted by Crippen LogP contribution is 2.27. The van der Waals surface area contributed by atoms with Crippen LogP contribution in [0.15, 0.2) is 115 Å². The summed E-state index contributed by atoms with van der Waals surface area (Å²) >= 11 is 0. The first-order chi connectivity index (χ1) is 31.9. The summed E-state index contributed by atoms with van der Waals surface area (Å²) in [7, 11) is 0. The maximum Gasteiger partial charge on any atom is 0.417 e. The Balaban J connectivity index is 0.000000229. The number of anilines is 4. The molecule has 0 aliphatic carbocycles. The second-order valence-electron chi connectivity index (χ2n) is 17.8. The molecule has 2 heterocycles. The van der Waals surface area contributed by atoms with E-state index in [4.69, 9.17) is 19.9 Å². The largest absolute Gasteiger partial charge is 0.444 e. The standard InChI is InChI=1S/C30H30FN3O4.C23H26FN3O2/c1-30(2,3)38-29(36)34-19-17-33(18-20-34)27-16-15-25(32-28(35)37-26-7-5-4-6-8-26)21-23(27)12-9-22-10-13-24(31)14-11-22;1-23(2,3)29-22(28)27-14-12-26(13-15-27)21-11-10-20(25)16-18(21)7-4-17-5-8-19(24)9-6-17/h4-8,10-11,13-16,21H,17-20H2,1-3H3,(H,32,35);5-6,8-11,16H,12-15,25H2,1-3H3. The lowest BCUT2D eigenvalue weighted by molar-refractivity contribution is 0.0230. The molecule has 2 aliphatic heterocycles. The first kappa shape index (κ1) is 48.7. The minimum atomic E-state index is -0.618. The molecule has 0 spiro atoms. The van der Waals surface area contributed by atoms with E-state index in [9.17, 15) is 23.2 Å². The average Bonchev–Trinajstić information content (AvgIpc) is 3.28. The Bertz CT molecular complexity index is 2630. The predicted octanol–water partition coefficient (Wildman–Crippen LogP) is 9.76. The molecule has 5 aromatic rings. The Kier molecular flexibility index (Phi) is 16.0. The van der Waals surface area contributed by atoms with Crippen molar-refractivity contribution in [2.45, 2.75) is 52.7 Å². The number of nitrogens with two attached hydrogens (primary N) is 1. The fourth-order valence-corrected chi connectivity index (χ4v) is 6.92. The highest BCUT2D eigenvalue weighted by atomic mass is 19.1. The zero-order chi connectivity index (χ0) is 48.1. The molecular formula is C53H56F2N6O6. The van der Waals surface area contributed by atoms with Gasteiger partial charge in [-0.05, 0) is 139 Å². The molecule has 0 atom stereocenters. The Morgan fingerprint density at radius 1 is 0.552 bits per heavy atom. The molecule has 3 amide bonds. The molecule has 0 saturated carbocycles. The Morgan fingerprint density at radius 2 is 0.985 bits per heavy atom. The van der Waals surface area contributed by atoms with Gasteiger partial charge in [0.25, 0.3) is 0 Å². The summed E-state index contributed by atoms with van der Waals surface area (Å²) in [5.74, 6) is 12.3. The van der Waals surface area contributed by atoms with Crippen LogP contribution in [0.3, 0.4) is 0 Å². The lowest BCUT2D eigenvalue weighted by Gasteiger charge is -2.37. The fraction of sp³-hybridized carbons (Fsp3) is 0.302. The van der Waals surface area contributed by atoms with Gasteiger partial charge in [0.05, 0.1) is 22.5 Å². The maximum absolute atomic E-state index is 13.3. The van der Waals surface area contributed by atoms with E-state index >= 15 is 0 Å². The van der Waals surface area contributed by atoms with Crippen molar-refractivity contribution in [3.05, 3.63) is 149 Å². The summed E-state index contributed by atoms with van der Waals surface area (Å²) in [5.41, 5.74) is 10.8. The van der Waals surface area contributed by atoms with Gasteiger partial charge in [-0.15, -0.1) is 0 Å². The third kappa shape index (κ3) is 15.2. The highest BCUT2D eigenvalue weighted by molar-refractivity contribution is 5.87. The summed E-state index contributed by atoms with van der Waals surface area (Å²) in [5, 5.41) is 2.74. The highest BCUT2D eigenvalue weighted by Gasteiger charge is 2.28. The van der Waals surface area contributed by atoms with Crippen LogP contribution in [0.4, 0.5) is 45.9 Å². The van der Waals surface area contributed by atoms with Gasteiger partial charge in [0.15, 0.2) is 0 Å². The Hall–Kier alpha value is -7.71. The van der Waals surface area contributed by atoms with Crippen LogP contribution < -0.4 is 25.6 Å². The number of piperazine rings is 2. The second-order valence-corrected chi connectivity index (χ2v) is 17.8. The number of amides is 3. The summed E-state index contributed by atoms with van der Waals surface area (Å²) in [6.45, 7) is 15.8. The van der Waals surface area contributed by atoms with E-state index in [-0.39, 0.29) is 23.8 Å². The van der Waals surface area contributed by atoms with Crippen molar-refractivity contribution in [1.82, 2.24) is 9.80 Å². The third-order valence-corrected chi connectivity index (χ3v) is 10.1. The van der Waals surface area contributed by atoms with Crippen LogP contribution in [0.2, 0.25) is 0 Å². The molecule has 14 heteroatoms. The van der Waals surface area contributed by atoms with E-state index in [2.05, 4.69) is 38.8 Å². The average molecular weight is 911 g/mol. The molecule has 67 heavy (non-hydrogen) atoms. The first-order valence-corrected chi connectivity index (χ1v) is 22.0.